The van der Waals surface area contributed by atoms with Gasteiger partial charge < -0.3 is 5.11 Å². The first-order valence-electron chi connectivity index (χ1n) is 5.11. The van der Waals surface area contributed by atoms with E-state index in [0.717, 1.165) is 10.8 Å². The number of Topliss-reactive ketones (excluding diaryl/α,β-unsaturated/α-hetero) is 1. The summed E-state index contributed by atoms with van der Waals surface area (Å²) < 4.78 is 0. The number of amides is 1. The smallest absolute Gasteiger partial charge is 0.409 e. The molecule has 2 aromatic carbocycles. The predicted octanol–water partition coefficient (Wildman–Crippen LogP) is 3.13. The molecule has 0 aliphatic carbocycles. The van der Waals surface area contributed by atoms with Crippen LogP contribution in [-0.4, -0.2) is 17.0 Å². The second-order valence-electron chi connectivity index (χ2n) is 3.73. The van der Waals surface area contributed by atoms with Gasteiger partial charge in [0.05, 0.1) is 5.69 Å². The maximum absolute atomic E-state index is 11.2. The molecule has 86 valence electrons. The molecule has 0 aliphatic rings. The number of rotatable bonds is 2. The molecule has 0 atom stereocenters. The number of carbonyl (C=O) groups is 2. The molecule has 0 radical (unpaired) electrons. The monoisotopic (exact) mass is 229 g/mol. The van der Waals surface area contributed by atoms with E-state index in [1.807, 2.05) is 6.07 Å². The molecule has 0 aromatic heterocycles. The minimum atomic E-state index is -1.10. The van der Waals surface area contributed by atoms with Crippen molar-refractivity contribution in [1.82, 2.24) is 0 Å². The van der Waals surface area contributed by atoms with Gasteiger partial charge in [0.1, 0.15) is 0 Å². The van der Waals surface area contributed by atoms with Crippen LogP contribution in [0.3, 0.4) is 0 Å². The number of carbonyl (C=O) groups excluding carboxylic acids is 1. The minimum Gasteiger partial charge on any atom is -0.465 e. The van der Waals surface area contributed by atoms with Crippen molar-refractivity contribution >= 4 is 28.3 Å². The molecule has 0 heterocycles. The number of hydrogen-bond donors (Lipinski definition) is 2. The summed E-state index contributed by atoms with van der Waals surface area (Å²) >= 11 is 0. The third-order valence-electron chi connectivity index (χ3n) is 2.53. The van der Waals surface area contributed by atoms with Crippen molar-refractivity contribution in [2.45, 2.75) is 6.92 Å². The van der Waals surface area contributed by atoms with Gasteiger partial charge in [-0.2, -0.15) is 0 Å². The molecular weight excluding hydrogens is 218 g/mol. The lowest BCUT2D eigenvalue weighted by Crippen LogP contribution is -2.07. The first-order valence-corrected chi connectivity index (χ1v) is 5.11. The van der Waals surface area contributed by atoms with Gasteiger partial charge >= 0.3 is 6.09 Å². The molecule has 0 fully saturated rings. The van der Waals surface area contributed by atoms with Crippen LogP contribution in [-0.2, 0) is 0 Å². The molecular formula is C13H11NO3. The topological polar surface area (TPSA) is 66.4 Å². The van der Waals surface area contributed by atoms with Crippen LogP contribution in [0, 0.1) is 0 Å². The van der Waals surface area contributed by atoms with Gasteiger partial charge in [0.25, 0.3) is 0 Å². The average Bonchev–Trinajstić information content (AvgIpc) is 2.28. The van der Waals surface area contributed by atoms with Crippen LogP contribution < -0.4 is 5.32 Å². The Hall–Kier alpha value is -2.36. The zero-order valence-electron chi connectivity index (χ0n) is 9.23. The Labute approximate surface area is 97.9 Å². The van der Waals surface area contributed by atoms with E-state index in [4.69, 9.17) is 5.11 Å². The molecule has 4 nitrogen and oxygen atoms in total. The summed E-state index contributed by atoms with van der Waals surface area (Å²) in [6, 6.07) is 10.5. The first kappa shape index (κ1) is 11.1. The van der Waals surface area contributed by atoms with Crippen molar-refractivity contribution < 1.29 is 14.7 Å². The Balaban J connectivity index is 2.58. The number of carboxylic acid groups (broad SMARTS) is 1. The summed E-state index contributed by atoms with van der Waals surface area (Å²) in [5.74, 6) is -0.0107. The van der Waals surface area contributed by atoms with Gasteiger partial charge in [-0.15, -0.1) is 0 Å². The van der Waals surface area contributed by atoms with Gasteiger partial charge in [-0.05, 0) is 24.4 Å². The Bertz CT molecular complexity index is 605. The molecule has 0 saturated carbocycles. The lowest BCUT2D eigenvalue weighted by molar-refractivity contribution is 0.101. The highest BCUT2D eigenvalue weighted by Crippen LogP contribution is 2.24. The fourth-order valence-corrected chi connectivity index (χ4v) is 1.73. The van der Waals surface area contributed by atoms with Gasteiger partial charge in [0.2, 0.25) is 0 Å². The molecule has 0 aliphatic heterocycles. The molecule has 0 unspecified atom stereocenters. The summed E-state index contributed by atoms with van der Waals surface area (Å²) in [5, 5.41) is 12.6. The summed E-state index contributed by atoms with van der Waals surface area (Å²) in [4.78, 5) is 21.9. The minimum absolute atomic E-state index is 0.0107. The quantitative estimate of drug-likeness (QED) is 0.777. The Morgan fingerprint density at radius 1 is 1.18 bits per heavy atom. The van der Waals surface area contributed by atoms with Gasteiger partial charge in [-0.1, -0.05) is 24.3 Å². The lowest BCUT2D eigenvalue weighted by Gasteiger charge is -2.06. The molecule has 2 aromatic rings. The Morgan fingerprint density at radius 2 is 1.94 bits per heavy atom. The third kappa shape index (κ3) is 2.25. The van der Waals surface area contributed by atoms with E-state index in [1.165, 1.54) is 6.92 Å². The Morgan fingerprint density at radius 3 is 2.59 bits per heavy atom. The fraction of sp³-hybridized carbons (Fsp3) is 0.0769. The summed E-state index contributed by atoms with van der Waals surface area (Å²) in [5.41, 5.74) is 1.13. The number of benzene rings is 2. The number of nitrogens with one attached hydrogen (secondary N) is 1. The molecule has 0 spiro atoms. The number of anilines is 1. The molecule has 0 saturated heterocycles. The van der Waals surface area contributed by atoms with Crippen LogP contribution in [0.4, 0.5) is 10.5 Å². The molecule has 2 N–H and O–H groups in total. The van der Waals surface area contributed by atoms with Crippen LogP contribution in [0.25, 0.3) is 10.8 Å². The summed E-state index contributed by atoms with van der Waals surface area (Å²) in [6.45, 7) is 1.50. The van der Waals surface area contributed by atoms with E-state index in [-0.39, 0.29) is 5.78 Å². The maximum atomic E-state index is 11.2. The van der Waals surface area contributed by atoms with Gasteiger partial charge in [-0.3, -0.25) is 10.1 Å². The molecule has 0 bridgehead atoms. The third-order valence-corrected chi connectivity index (χ3v) is 2.53. The van der Waals surface area contributed by atoms with Crippen LogP contribution in [0.5, 0.6) is 0 Å². The van der Waals surface area contributed by atoms with Crippen molar-refractivity contribution in [2.75, 3.05) is 5.32 Å². The average molecular weight is 229 g/mol. The number of ketones is 1. The maximum Gasteiger partial charge on any atom is 0.409 e. The SMILES string of the molecule is CC(=O)c1ccc2c(NC(=O)O)cccc2c1. The summed E-state index contributed by atoms with van der Waals surface area (Å²) in [7, 11) is 0. The van der Waals surface area contributed by atoms with Crippen molar-refractivity contribution in [1.29, 1.82) is 0 Å². The van der Waals surface area contributed by atoms with Gasteiger partial charge in [0, 0.05) is 10.9 Å². The first-order chi connectivity index (χ1) is 8.08. The van der Waals surface area contributed by atoms with Crippen molar-refractivity contribution in [3.63, 3.8) is 0 Å². The zero-order chi connectivity index (χ0) is 12.4. The highest BCUT2D eigenvalue weighted by atomic mass is 16.4. The molecule has 4 heteroatoms. The van der Waals surface area contributed by atoms with E-state index in [1.54, 1.807) is 30.3 Å². The molecule has 17 heavy (non-hydrogen) atoms. The van der Waals surface area contributed by atoms with E-state index in [0.29, 0.717) is 11.3 Å². The zero-order valence-corrected chi connectivity index (χ0v) is 9.23. The van der Waals surface area contributed by atoms with E-state index in [2.05, 4.69) is 5.32 Å². The molecule has 2 rings (SSSR count). The lowest BCUT2D eigenvalue weighted by atomic mass is 10.0. The second kappa shape index (κ2) is 4.25. The van der Waals surface area contributed by atoms with Crippen LogP contribution in [0.2, 0.25) is 0 Å². The van der Waals surface area contributed by atoms with Crippen molar-refractivity contribution in [3.8, 4) is 0 Å². The van der Waals surface area contributed by atoms with Gasteiger partial charge in [0.15, 0.2) is 5.78 Å². The normalized spacial score (nSPS) is 10.2. The van der Waals surface area contributed by atoms with Crippen molar-refractivity contribution in [3.05, 3.63) is 42.0 Å². The standard InChI is InChI=1S/C13H11NO3/c1-8(15)9-5-6-11-10(7-9)3-2-4-12(11)14-13(16)17/h2-7,14H,1H3,(H,16,17). The fourth-order valence-electron chi connectivity index (χ4n) is 1.73. The van der Waals surface area contributed by atoms with E-state index >= 15 is 0 Å². The highest BCUT2D eigenvalue weighted by molar-refractivity contribution is 6.03. The Kier molecular flexibility index (Phi) is 2.78. The van der Waals surface area contributed by atoms with E-state index in [9.17, 15) is 9.59 Å². The predicted molar refractivity (Wildman–Crippen MR) is 65.6 cm³/mol. The van der Waals surface area contributed by atoms with Crippen molar-refractivity contribution in [2.24, 2.45) is 0 Å². The summed E-state index contributed by atoms with van der Waals surface area (Å²) in [6.07, 6.45) is -1.10. The molecule has 1 amide bonds. The van der Waals surface area contributed by atoms with E-state index < -0.39 is 6.09 Å². The van der Waals surface area contributed by atoms with Crippen LogP contribution in [0.15, 0.2) is 36.4 Å². The van der Waals surface area contributed by atoms with Crippen LogP contribution in [0.1, 0.15) is 17.3 Å². The number of fused-ring (bicyclic) bond motifs is 1. The van der Waals surface area contributed by atoms with Gasteiger partial charge in [-0.25, -0.2) is 4.79 Å². The largest absolute Gasteiger partial charge is 0.465 e. The number of hydrogen-bond acceptors (Lipinski definition) is 2. The van der Waals surface area contributed by atoms with Crippen LogP contribution >= 0.6 is 0 Å². The second-order valence-corrected chi connectivity index (χ2v) is 3.73. The highest BCUT2D eigenvalue weighted by Gasteiger charge is 2.05.